The van der Waals surface area contributed by atoms with Gasteiger partial charge in [-0.15, -0.1) is 0 Å². The second kappa shape index (κ2) is 6.58. The van der Waals surface area contributed by atoms with E-state index in [1.807, 2.05) is 6.08 Å². The third-order valence-corrected chi connectivity index (χ3v) is 7.46. The minimum absolute atomic E-state index is 0.249. The number of rotatable bonds is 2. The number of hydrogen-bond acceptors (Lipinski definition) is 3. The number of carbonyl (C=O) groups excluding carboxylic acids is 1. The highest BCUT2D eigenvalue weighted by molar-refractivity contribution is 5.91. The summed E-state index contributed by atoms with van der Waals surface area (Å²) >= 11 is 0. The minimum atomic E-state index is -0.249. The molecule has 2 aromatic carbocycles. The molecule has 1 aliphatic carbocycles. The zero-order valence-corrected chi connectivity index (χ0v) is 17.3. The average Bonchev–Trinajstić information content (AvgIpc) is 3.16. The van der Waals surface area contributed by atoms with E-state index >= 15 is 0 Å². The molecule has 30 heavy (non-hydrogen) atoms. The Kier molecular flexibility index (Phi) is 3.94. The van der Waals surface area contributed by atoms with Crippen LogP contribution in [0.1, 0.15) is 36.1 Å². The van der Waals surface area contributed by atoms with Crippen molar-refractivity contribution >= 4 is 16.7 Å². The monoisotopic (exact) mass is 398 g/mol. The molecule has 2 atom stereocenters. The second-order valence-electron chi connectivity index (χ2n) is 8.91. The molecule has 3 aromatic rings. The van der Waals surface area contributed by atoms with Crippen LogP contribution in [0.2, 0.25) is 0 Å². The van der Waals surface area contributed by atoms with Crippen molar-refractivity contribution in [2.24, 2.45) is 5.92 Å². The Morgan fingerprint density at radius 2 is 2.00 bits per heavy atom. The molecule has 6 rings (SSSR count). The third kappa shape index (κ3) is 2.46. The van der Waals surface area contributed by atoms with Crippen LogP contribution in [-0.4, -0.2) is 35.9 Å². The molecule has 0 saturated carbocycles. The molecule has 3 heterocycles. The molecule has 0 spiro atoms. The van der Waals surface area contributed by atoms with E-state index in [0.717, 1.165) is 43.6 Å². The molecule has 4 nitrogen and oxygen atoms in total. The van der Waals surface area contributed by atoms with Crippen LogP contribution in [0.4, 0.5) is 0 Å². The minimum Gasteiger partial charge on any atom is -0.497 e. The van der Waals surface area contributed by atoms with E-state index in [-0.39, 0.29) is 11.3 Å². The Morgan fingerprint density at radius 3 is 2.83 bits per heavy atom. The number of allylic oxidation sites excluding steroid dienone is 1. The van der Waals surface area contributed by atoms with Crippen LogP contribution < -0.4 is 4.74 Å². The number of carbonyl (C=O) groups is 1. The van der Waals surface area contributed by atoms with Gasteiger partial charge in [0, 0.05) is 42.2 Å². The fraction of sp³-hybridized carbons (Fsp3) is 0.346. The molecule has 152 valence electrons. The summed E-state index contributed by atoms with van der Waals surface area (Å²) in [7, 11) is 1.71. The molecule has 1 N–H and O–H groups in total. The van der Waals surface area contributed by atoms with Crippen LogP contribution >= 0.6 is 0 Å². The number of nitrogens with one attached hydrogen (secondary N) is 1. The SMILES string of the molecule is COc1ccc2c3c([nH]c2c1)[C@@]1(c2ccccc2)CC2=CC(=O)CC[C@@H]2CN1CC3. The summed E-state index contributed by atoms with van der Waals surface area (Å²) in [5.41, 5.74) is 6.22. The molecule has 0 amide bonds. The van der Waals surface area contributed by atoms with Crippen molar-refractivity contribution in [3.05, 3.63) is 77.0 Å². The first-order valence-electron chi connectivity index (χ1n) is 10.9. The predicted octanol–water partition coefficient (Wildman–Crippen LogP) is 4.59. The Hall–Kier alpha value is -2.85. The smallest absolute Gasteiger partial charge is 0.155 e. The van der Waals surface area contributed by atoms with Crippen LogP contribution in [0.5, 0.6) is 5.75 Å². The lowest BCUT2D eigenvalue weighted by Crippen LogP contribution is -2.57. The van der Waals surface area contributed by atoms with E-state index in [4.69, 9.17) is 4.74 Å². The Balaban J connectivity index is 1.61. The van der Waals surface area contributed by atoms with Gasteiger partial charge in [0.25, 0.3) is 0 Å². The summed E-state index contributed by atoms with van der Waals surface area (Å²) in [6, 6.07) is 17.2. The van der Waals surface area contributed by atoms with E-state index in [1.165, 1.54) is 27.8 Å². The number of H-pyrrole nitrogens is 1. The van der Waals surface area contributed by atoms with Crippen molar-refractivity contribution in [1.29, 1.82) is 0 Å². The zero-order chi connectivity index (χ0) is 20.3. The fourth-order valence-electron chi connectivity index (χ4n) is 6.02. The molecule has 0 unspecified atom stereocenters. The van der Waals surface area contributed by atoms with Gasteiger partial charge in [-0.2, -0.15) is 0 Å². The molecular formula is C26H26N2O2. The number of aromatic amines is 1. The quantitative estimate of drug-likeness (QED) is 0.687. The van der Waals surface area contributed by atoms with Crippen molar-refractivity contribution in [2.75, 3.05) is 20.2 Å². The summed E-state index contributed by atoms with van der Waals surface area (Å²) in [5.74, 6) is 1.66. The van der Waals surface area contributed by atoms with Gasteiger partial charge in [0.2, 0.25) is 0 Å². The fourth-order valence-corrected chi connectivity index (χ4v) is 6.02. The molecular weight excluding hydrogens is 372 g/mol. The third-order valence-electron chi connectivity index (χ3n) is 7.46. The van der Waals surface area contributed by atoms with Gasteiger partial charge < -0.3 is 9.72 Å². The van der Waals surface area contributed by atoms with Crippen LogP contribution in [-0.2, 0) is 16.8 Å². The number of hydrogen-bond donors (Lipinski definition) is 1. The number of ether oxygens (including phenoxy) is 1. The molecule has 2 aliphatic heterocycles. The van der Waals surface area contributed by atoms with E-state index in [1.54, 1.807) is 7.11 Å². The van der Waals surface area contributed by atoms with Gasteiger partial charge in [0.15, 0.2) is 5.78 Å². The van der Waals surface area contributed by atoms with Crippen molar-refractivity contribution < 1.29 is 9.53 Å². The van der Waals surface area contributed by atoms with E-state index in [2.05, 4.69) is 58.4 Å². The molecule has 1 fully saturated rings. The number of nitrogens with zero attached hydrogens (tertiary/aromatic N) is 1. The maximum Gasteiger partial charge on any atom is 0.155 e. The predicted molar refractivity (Wildman–Crippen MR) is 118 cm³/mol. The van der Waals surface area contributed by atoms with E-state index < -0.39 is 0 Å². The number of piperidine rings is 1. The molecule has 0 bridgehead atoms. The van der Waals surface area contributed by atoms with Crippen molar-refractivity contribution in [1.82, 2.24) is 9.88 Å². The van der Waals surface area contributed by atoms with E-state index in [0.29, 0.717) is 12.3 Å². The number of methoxy groups -OCH3 is 1. The second-order valence-corrected chi connectivity index (χ2v) is 8.91. The maximum atomic E-state index is 12.3. The lowest BCUT2D eigenvalue weighted by Gasteiger charge is -2.54. The first kappa shape index (κ1) is 18.0. The highest BCUT2D eigenvalue weighted by Crippen LogP contribution is 2.52. The Morgan fingerprint density at radius 1 is 1.13 bits per heavy atom. The molecule has 4 heteroatoms. The molecule has 1 saturated heterocycles. The Bertz CT molecular complexity index is 1180. The van der Waals surface area contributed by atoms with Gasteiger partial charge in [-0.25, -0.2) is 0 Å². The number of fused-ring (bicyclic) bond motifs is 6. The van der Waals surface area contributed by atoms with E-state index in [9.17, 15) is 4.79 Å². The summed E-state index contributed by atoms with van der Waals surface area (Å²) in [6.07, 6.45) is 5.56. The number of ketones is 1. The van der Waals surface area contributed by atoms with Gasteiger partial charge >= 0.3 is 0 Å². The highest BCUT2D eigenvalue weighted by atomic mass is 16.5. The summed E-state index contributed by atoms with van der Waals surface area (Å²) in [5, 5.41) is 1.29. The summed E-state index contributed by atoms with van der Waals surface area (Å²) in [4.78, 5) is 18.7. The van der Waals surface area contributed by atoms with Gasteiger partial charge in [-0.1, -0.05) is 35.9 Å². The summed E-state index contributed by atoms with van der Waals surface area (Å²) < 4.78 is 5.48. The van der Waals surface area contributed by atoms with Crippen molar-refractivity contribution in [3.8, 4) is 5.75 Å². The topological polar surface area (TPSA) is 45.3 Å². The first-order chi connectivity index (χ1) is 14.7. The number of aromatic nitrogens is 1. The van der Waals surface area contributed by atoms with Gasteiger partial charge in [-0.3, -0.25) is 9.69 Å². The van der Waals surface area contributed by atoms with Crippen LogP contribution in [0, 0.1) is 5.92 Å². The van der Waals surface area contributed by atoms with Crippen LogP contribution in [0.15, 0.2) is 60.2 Å². The first-order valence-corrected chi connectivity index (χ1v) is 10.9. The van der Waals surface area contributed by atoms with Gasteiger partial charge in [0.1, 0.15) is 5.75 Å². The molecule has 3 aliphatic rings. The van der Waals surface area contributed by atoms with Crippen LogP contribution in [0.25, 0.3) is 10.9 Å². The molecule has 1 aromatic heterocycles. The van der Waals surface area contributed by atoms with Crippen molar-refractivity contribution in [2.45, 2.75) is 31.2 Å². The lowest BCUT2D eigenvalue weighted by atomic mass is 9.67. The largest absolute Gasteiger partial charge is 0.497 e. The normalized spacial score (nSPS) is 26.0. The summed E-state index contributed by atoms with van der Waals surface area (Å²) in [6.45, 7) is 2.06. The highest BCUT2D eigenvalue weighted by Gasteiger charge is 2.51. The Labute approximate surface area is 176 Å². The molecule has 0 radical (unpaired) electrons. The maximum absolute atomic E-state index is 12.3. The average molecular weight is 399 g/mol. The van der Waals surface area contributed by atoms with Gasteiger partial charge in [0.05, 0.1) is 12.6 Å². The number of benzene rings is 2. The lowest BCUT2D eigenvalue weighted by molar-refractivity contribution is -0.115. The zero-order valence-electron chi connectivity index (χ0n) is 17.3. The van der Waals surface area contributed by atoms with Gasteiger partial charge in [-0.05, 0) is 54.5 Å². The standard InChI is InChI=1S/C26H26N2O2/c1-30-21-9-10-22-23-11-12-28-16-17-7-8-20(29)13-18(17)15-26(28,19-5-3-2-4-6-19)25(23)27-24(22)14-21/h2-6,9-10,13-14,17,27H,7-8,11-12,15-16H2,1H3/t17-,26+/m1/s1. The van der Waals surface area contributed by atoms with Crippen LogP contribution in [0.3, 0.4) is 0 Å². The van der Waals surface area contributed by atoms with Crippen molar-refractivity contribution in [3.63, 3.8) is 0 Å².